The van der Waals surface area contributed by atoms with Crippen LogP contribution in [0.25, 0.3) is 0 Å². The molecule has 1 unspecified atom stereocenters. The van der Waals surface area contributed by atoms with Crippen LogP contribution in [0.4, 0.5) is 0 Å². The molecule has 0 fully saturated rings. The number of guanidine groups is 1. The molecular formula is C17H30N6O4. The zero-order chi connectivity index (χ0) is 20.8. The lowest BCUT2D eigenvalue weighted by Crippen LogP contribution is -2.53. The van der Waals surface area contributed by atoms with Crippen LogP contribution in [0.15, 0.2) is 29.3 Å². The molecule has 27 heavy (non-hydrogen) atoms. The summed E-state index contributed by atoms with van der Waals surface area (Å²) in [5, 5.41) is 15.0. The Morgan fingerprint density at radius 1 is 1.30 bits per heavy atom. The molecule has 2 atom stereocenters. The number of carbonyl (C=O) groups is 2. The van der Waals surface area contributed by atoms with Crippen molar-refractivity contribution in [1.82, 2.24) is 16.1 Å². The highest BCUT2D eigenvalue weighted by molar-refractivity contribution is 5.93. The lowest BCUT2D eigenvalue weighted by Gasteiger charge is -2.23. The van der Waals surface area contributed by atoms with Gasteiger partial charge in [0.25, 0.3) is 5.96 Å². The Labute approximate surface area is 159 Å². The number of rotatable bonds is 11. The maximum atomic E-state index is 12.6. The molecule has 2 amide bonds. The smallest absolute Gasteiger partial charge is 0.251 e. The third-order valence-electron chi connectivity index (χ3n) is 3.47. The molecule has 0 aromatic heterocycles. The van der Waals surface area contributed by atoms with Crippen LogP contribution in [0.3, 0.4) is 0 Å². The molecule has 0 saturated carbocycles. The van der Waals surface area contributed by atoms with Gasteiger partial charge in [-0.2, -0.15) is 0 Å². The lowest BCUT2D eigenvalue weighted by molar-refractivity contribution is -0.525. The van der Waals surface area contributed by atoms with Gasteiger partial charge in [0.1, 0.15) is 6.04 Å². The largest absolute Gasteiger partial charge is 0.365 e. The van der Waals surface area contributed by atoms with Crippen molar-refractivity contribution in [3.05, 3.63) is 34.4 Å². The summed E-state index contributed by atoms with van der Waals surface area (Å²) in [7, 11) is 0. The number of amides is 2. The first-order valence-electron chi connectivity index (χ1n) is 8.83. The van der Waals surface area contributed by atoms with Crippen LogP contribution < -0.4 is 21.8 Å². The Kier molecular flexibility index (Phi) is 11.9. The van der Waals surface area contributed by atoms with E-state index < -0.39 is 34.9 Å². The first kappa shape index (κ1) is 24.1. The molecule has 0 aromatic rings. The number of nitro groups is 1. The number of aliphatic imine (C=N–C) groups is 1. The van der Waals surface area contributed by atoms with E-state index >= 15 is 0 Å². The minimum absolute atomic E-state index is 0.335. The molecule has 152 valence electrons. The van der Waals surface area contributed by atoms with Crippen molar-refractivity contribution in [3.8, 4) is 0 Å². The Balaban J connectivity index is 5.35. The number of carbonyl (C=O) groups excluding carboxylic acids is 2. The normalized spacial score (nSPS) is 14.3. The molecule has 0 bridgehead atoms. The van der Waals surface area contributed by atoms with E-state index in [1.807, 2.05) is 13.8 Å². The van der Waals surface area contributed by atoms with E-state index in [2.05, 4.69) is 15.6 Å². The van der Waals surface area contributed by atoms with Crippen molar-refractivity contribution in [1.29, 1.82) is 0 Å². The molecule has 0 aliphatic heterocycles. The monoisotopic (exact) mass is 382 g/mol. The Morgan fingerprint density at radius 2 is 1.96 bits per heavy atom. The average molecular weight is 382 g/mol. The van der Waals surface area contributed by atoms with Crippen molar-refractivity contribution in [2.24, 2.45) is 16.6 Å². The number of nitrogens with one attached hydrogen (secondary N) is 3. The predicted molar refractivity (Wildman–Crippen MR) is 104 cm³/mol. The van der Waals surface area contributed by atoms with Crippen LogP contribution in [-0.2, 0) is 9.59 Å². The lowest BCUT2D eigenvalue weighted by atomic mass is 10.0. The van der Waals surface area contributed by atoms with E-state index in [-0.39, 0.29) is 0 Å². The van der Waals surface area contributed by atoms with Crippen molar-refractivity contribution in [3.63, 3.8) is 0 Å². The molecule has 10 heteroatoms. The maximum Gasteiger partial charge on any atom is 0.251 e. The van der Waals surface area contributed by atoms with Crippen LogP contribution in [0.1, 0.15) is 40.5 Å². The highest BCUT2D eigenvalue weighted by Crippen LogP contribution is 2.06. The van der Waals surface area contributed by atoms with Gasteiger partial charge in [-0.15, -0.1) is 0 Å². The molecule has 0 aromatic carbocycles. The zero-order valence-electron chi connectivity index (χ0n) is 16.3. The minimum Gasteiger partial charge on any atom is -0.365 e. The molecule has 0 saturated heterocycles. The third-order valence-corrected chi connectivity index (χ3v) is 3.47. The molecule has 0 rings (SSSR count). The molecule has 0 heterocycles. The Bertz CT molecular complexity index is 586. The summed E-state index contributed by atoms with van der Waals surface area (Å²) < 4.78 is 0. The summed E-state index contributed by atoms with van der Waals surface area (Å²) in [6.45, 7) is 8.05. The minimum atomic E-state index is -1.02. The van der Waals surface area contributed by atoms with Gasteiger partial charge in [0, 0.05) is 12.6 Å². The zero-order valence-corrected chi connectivity index (χ0v) is 16.3. The fraction of sp³-hybridized carbons (Fsp3) is 0.588. The van der Waals surface area contributed by atoms with E-state index in [1.54, 1.807) is 31.4 Å². The van der Waals surface area contributed by atoms with Gasteiger partial charge in [-0.05, 0) is 25.7 Å². The third kappa shape index (κ3) is 11.3. The second kappa shape index (κ2) is 13.3. The highest BCUT2D eigenvalue weighted by Gasteiger charge is 2.28. The summed E-state index contributed by atoms with van der Waals surface area (Å²) in [5.74, 6) is -0.938. The van der Waals surface area contributed by atoms with Crippen LogP contribution in [-0.4, -0.2) is 41.4 Å². The Morgan fingerprint density at radius 3 is 2.48 bits per heavy atom. The maximum absolute atomic E-state index is 12.6. The van der Waals surface area contributed by atoms with Gasteiger partial charge >= 0.3 is 0 Å². The quantitative estimate of drug-likeness (QED) is 0.103. The van der Waals surface area contributed by atoms with Gasteiger partial charge in [0.05, 0.1) is 6.04 Å². The van der Waals surface area contributed by atoms with Gasteiger partial charge in [-0.3, -0.25) is 9.59 Å². The molecular weight excluding hydrogens is 352 g/mol. The summed E-state index contributed by atoms with van der Waals surface area (Å²) in [6.07, 6.45) is 7.36. The van der Waals surface area contributed by atoms with Crippen LogP contribution in [0, 0.1) is 16.0 Å². The van der Waals surface area contributed by atoms with Gasteiger partial charge in [-0.1, -0.05) is 44.4 Å². The number of nitrogens with zero attached hydrogens (tertiary/aromatic N) is 2. The molecule has 0 radical (unpaired) electrons. The number of nitrogens with two attached hydrogens (primary N) is 1. The van der Waals surface area contributed by atoms with Crippen molar-refractivity contribution in [2.75, 3.05) is 6.54 Å². The fourth-order valence-electron chi connectivity index (χ4n) is 2.09. The second-order valence-corrected chi connectivity index (χ2v) is 6.20. The first-order chi connectivity index (χ1) is 12.7. The molecule has 0 aliphatic carbocycles. The molecule has 0 spiro atoms. The average Bonchev–Trinajstić information content (AvgIpc) is 2.57. The number of allylic oxidation sites excluding steroid dienone is 3. The van der Waals surface area contributed by atoms with Gasteiger partial charge in [0.2, 0.25) is 11.8 Å². The van der Waals surface area contributed by atoms with Gasteiger partial charge in [0.15, 0.2) is 5.03 Å². The van der Waals surface area contributed by atoms with E-state index in [0.717, 1.165) is 6.42 Å². The molecule has 10 nitrogen and oxygen atoms in total. The highest BCUT2D eigenvalue weighted by atomic mass is 16.7. The summed E-state index contributed by atoms with van der Waals surface area (Å²) in [4.78, 5) is 39.1. The topological polar surface area (TPSA) is 152 Å². The van der Waals surface area contributed by atoms with Crippen LogP contribution in [0.2, 0.25) is 0 Å². The summed E-state index contributed by atoms with van der Waals surface area (Å²) in [6, 6.07) is -1.78. The number of hydrogen-bond donors (Lipinski definition) is 4. The summed E-state index contributed by atoms with van der Waals surface area (Å²) in [5.41, 5.74) is 7.22. The molecule has 0 aliphatic rings. The van der Waals surface area contributed by atoms with Crippen LogP contribution in [0.5, 0.6) is 0 Å². The Hall–Kier alpha value is -2.91. The summed E-state index contributed by atoms with van der Waals surface area (Å²) >= 11 is 0. The van der Waals surface area contributed by atoms with Gasteiger partial charge in [-0.25, -0.2) is 15.1 Å². The second-order valence-electron chi connectivity index (χ2n) is 6.20. The SMILES string of the molecule is CC=CC=CC(=O)N[C@H](C(=O)NCCC(C)C)C(CC)N=C(N)N[N+](=O)[O-]. The fourth-order valence-corrected chi connectivity index (χ4v) is 2.09. The van der Waals surface area contributed by atoms with Crippen LogP contribution >= 0.6 is 0 Å². The van der Waals surface area contributed by atoms with E-state index in [0.29, 0.717) is 18.9 Å². The van der Waals surface area contributed by atoms with Crippen molar-refractivity contribution < 1.29 is 14.6 Å². The van der Waals surface area contributed by atoms with E-state index in [1.165, 1.54) is 12.2 Å². The van der Waals surface area contributed by atoms with Crippen molar-refractivity contribution >= 4 is 17.8 Å². The van der Waals surface area contributed by atoms with E-state index in [4.69, 9.17) is 5.73 Å². The number of hydrazine groups is 1. The first-order valence-corrected chi connectivity index (χ1v) is 8.83. The van der Waals surface area contributed by atoms with E-state index in [9.17, 15) is 19.7 Å². The molecule has 5 N–H and O–H groups in total. The predicted octanol–water partition coefficient (Wildman–Crippen LogP) is 0.640. The standard InChI is InChI=1S/C17H30N6O4/c1-5-7-8-9-14(24)21-15(16(25)19-11-10-12(3)4)13(6-2)20-17(18)22-23(26)27/h5,7-9,12-13,15H,6,10-11H2,1-4H3,(H,19,25)(H,21,24)(H3,18,20,22)/t13?,15-/m0/s1. The van der Waals surface area contributed by atoms with Crippen molar-refractivity contribution in [2.45, 2.75) is 52.6 Å². The van der Waals surface area contributed by atoms with Gasteiger partial charge < -0.3 is 16.4 Å². The number of hydrogen-bond acceptors (Lipinski definition) is 5.